The molecule has 0 heterocycles. The molecule has 2 N–H and O–H groups in total. The van der Waals surface area contributed by atoms with E-state index in [0.29, 0.717) is 5.69 Å². The first-order valence-electron chi connectivity index (χ1n) is 8.52. The maximum Gasteiger partial charge on any atom is 0.248 e. The predicted octanol–water partition coefficient (Wildman–Crippen LogP) is 3.41. The number of amides is 1. The van der Waals surface area contributed by atoms with Gasteiger partial charge in [0.05, 0.1) is 12.0 Å². The summed E-state index contributed by atoms with van der Waals surface area (Å²) < 4.78 is 30.9. The van der Waals surface area contributed by atoms with Gasteiger partial charge in [0.15, 0.2) is 0 Å². The normalized spacial score (nSPS) is 11.6. The molecule has 0 atom stereocenters. The van der Waals surface area contributed by atoms with E-state index in [1.165, 1.54) is 25.3 Å². The van der Waals surface area contributed by atoms with E-state index in [9.17, 15) is 13.2 Å². The van der Waals surface area contributed by atoms with Crippen LogP contribution in [0.5, 0.6) is 5.75 Å². The van der Waals surface area contributed by atoms with Crippen LogP contribution in [0, 0.1) is 0 Å². The first-order valence-corrected chi connectivity index (χ1v) is 10.00. The number of rotatable bonds is 6. The number of benzene rings is 3. The molecular weight excluding hydrogens is 376 g/mol. The van der Waals surface area contributed by atoms with Crippen LogP contribution in [0.1, 0.15) is 5.56 Å². The molecule has 0 spiro atoms. The highest BCUT2D eigenvalue weighted by Crippen LogP contribution is 2.22. The maximum absolute atomic E-state index is 12.1. The standard InChI is InChI=1S/C21H20N2O4S/c1-22-28(25,26)20-10-7-18(8-11-20)23-21(24)12-4-15-3-5-17-14-19(27-2)9-6-16(17)13-15/h3-14,22H,1-2H3,(H,23,24)/b12-4+. The van der Waals surface area contributed by atoms with E-state index in [2.05, 4.69) is 10.0 Å². The first kappa shape index (κ1) is 19.6. The largest absolute Gasteiger partial charge is 0.497 e. The average molecular weight is 396 g/mol. The van der Waals surface area contributed by atoms with Gasteiger partial charge in [-0.15, -0.1) is 0 Å². The molecule has 0 saturated heterocycles. The molecule has 0 bridgehead atoms. The summed E-state index contributed by atoms with van der Waals surface area (Å²) >= 11 is 0. The highest BCUT2D eigenvalue weighted by atomic mass is 32.2. The molecule has 0 fully saturated rings. The molecule has 0 saturated carbocycles. The maximum atomic E-state index is 12.1. The van der Waals surface area contributed by atoms with E-state index in [1.54, 1.807) is 25.3 Å². The van der Waals surface area contributed by atoms with Gasteiger partial charge in [-0.1, -0.05) is 18.2 Å². The number of ether oxygens (including phenoxy) is 1. The SMILES string of the molecule is CNS(=O)(=O)c1ccc(NC(=O)/C=C/c2ccc3cc(OC)ccc3c2)cc1. The molecule has 0 unspecified atom stereocenters. The van der Waals surface area contributed by atoms with Crippen molar-refractivity contribution in [2.24, 2.45) is 0 Å². The average Bonchev–Trinajstić information content (AvgIpc) is 2.72. The summed E-state index contributed by atoms with van der Waals surface area (Å²) in [5, 5.41) is 4.80. The highest BCUT2D eigenvalue weighted by molar-refractivity contribution is 7.89. The van der Waals surface area contributed by atoms with Crippen LogP contribution >= 0.6 is 0 Å². The van der Waals surface area contributed by atoms with Crippen LogP contribution in [0.2, 0.25) is 0 Å². The van der Waals surface area contributed by atoms with Gasteiger partial charge in [-0.2, -0.15) is 0 Å². The van der Waals surface area contributed by atoms with Crippen LogP contribution in [-0.2, 0) is 14.8 Å². The van der Waals surface area contributed by atoms with Crippen LogP contribution in [0.25, 0.3) is 16.8 Å². The van der Waals surface area contributed by atoms with Crippen molar-refractivity contribution in [3.8, 4) is 5.75 Å². The Kier molecular flexibility index (Phi) is 5.77. The Bertz CT molecular complexity index is 1140. The van der Waals surface area contributed by atoms with Gasteiger partial charge < -0.3 is 10.1 Å². The van der Waals surface area contributed by atoms with Gasteiger partial charge in [0.2, 0.25) is 15.9 Å². The Hall–Kier alpha value is -3.16. The number of methoxy groups -OCH3 is 1. The van der Waals surface area contributed by atoms with Crippen molar-refractivity contribution in [1.82, 2.24) is 4.72 Å². The van der Waals surface area contributed by atoms with Gasteiger partial charge in [-0.3, -0.25) is 4.79 Å². The summed E-state index contributed by atoms with van der Waals surface area (Å²) in [4.78, 5) is 12.3. The number of carbonyl (C=O) groups excluding carboxylic acids is 1. The fraction of sp³-hybridized carbons (Fsp3) is 0.0952. The Labute approximate surface area is 163 Å². The first-order chi connectivity index (χ1) is 13.4. The summed E-state index contributed by atoms with van der Waals surface area (Å²) in [5.41, 5.74) is 1.40. The van der Waals surface area contributed by atoms with Crippen LogP contribution in [0.15, 0.2) is 71.6 Å². The van der Waals surface area contributed by atoms with E-state index < -0.39 is 10.0 Å². The van der Waals surface area contributed by atoms with Crippen molar-refractivity contribution >= 4 is 38.5 Å². The van der Waals surface area contributed by atoms with Crippen molar-refractivity contribution < 1.29 is 17.9 Å². The van der Waals surface area contributed by atoms with E-state index in [4.69, 9.17) is 4.74 Å². The number of anilines is 1. The lowest BCUT2D eigenvalue weighted by molar-refractivity contribution is -0.111. The molecule has 6 nitrogen and oxygen atoms in total. The monoisotopic (exact) mass is 396 g/mol. The smallest absolute Gasteiger partial charge is 0.248 e. The number of hydrogen-bond donors (Lipinski definition) is 2. The Morgan fingerprint density at radius 1 is 0.964 bits per heavy atom. The molecule has 0 radical (unpaired) electrons. The summed E-state index contributed by atoms with van der Waals surface area (Å²) in [6.45, 7) is 0. The van der Waals surface area contributed by atoms with E-state index in [1.807, 2.05) is 36.4 Å². The molecule has 7 heteroatoms. The number of sulfonamides is 1. The van der Waals surface area contributed by atoms with E-state index >= 15 is 0 Å². The topological polar surface area (TPSA) is 84.5 Å². The molecule has 3 aromatic rings. The third-order valence-corrected chi connectivity index (χ3v) is 5.63. The number of nitrogens with one attached hydrogen (secondary N) is 2. The third kappa shape index (κ3) is 4.57. The minimum absolute atomic E-state index is 0.135. The van der Waals surface area contributed by atoms with Gasteiger partial charge in [0.1, 0.15) is 5.75 Å². The lowest BCUT2D eigenvalue weighted by Crippen LogP contribution is -2.18. The molecular formula is C21H20N2O4S. The molecule has 0 aliphatic carbocycles. The molecule has 0 aliphatic heterocycles. The van der Waals surface area contributed by atoms with Crippen LogP contribution in [-0.4, -0.2) is 28.5 Å². The second-order valence-electron chi connectivity index (χ2n) is 6.03. The Morgan fingerprint density at radius 3 is 2.32 bits per heavy atom. The number of hydrogen-bond acceptors (Lipinski definition) is 4. The Balaban J connectivity index is 1.69. The van der Waals surface area contributed by atoms with Crippen LogP contribution < -0.4 is 14.8 Å². The molecule has 28 heavy (non-hydrogen) atoms. The van der Waals surface area contributed by atoms with Crippen molar-refractivity contribution in [3.05, 3.63) is 72.3 Å². The fourth-order valence-electron chi connectivity index (χ4n) is 2.66. The molecule has 3 aromatic carbocycles. The van der Waals surface area contributed by atoms with Gasteiger partial charge in [0.25, 0.3) is 0 Å². The minimum atomic E-state index is -3.50. The zero-order chi connectivity index (χ0) is 20.1. The molecule has 0 aromatic heterocycles. The van der Waals surface area contributed by atoms with Crippen molar-refractivity contribution in [2.45, 2.75) is 4.90 Å². The van der Waals surface area contributed by atoms with E-state index in [-0.39, 0.29) is 10.8 Å². The molecule has 144 valence electrons. The summed E-state index contributed by atoms with van der Waals surface area (Å²) in [7, 11) is -0.521. The van der Waals surface area contributed by atoms with Gasteiger partial charge in [-0.25, -0.2) is 13.1 Å². The van der Waals surface area contributed by atoms with Gasteiger partial charge in [-0.05, 0) is 71.9 Å². The second-order valence-corrected chi connectivity index (χ2v) is 7.91. The number of fused-ring (bicyclic) bond motifs is 1. The third-order valence-electron chi connectivity index (χ3n) is 4.20. The summed E-state index contributed by atoms with van der Waals surface area (Å²) in [6, 6.07) is 17.6. The lowest BCUT2D eigenvalue weighted by Gasteiger charge is -2.05. The molecule has 0 aliphatic rings. The lowest BCUT2D eigenvalue weighted by atomic mass is 10.1. The van der Waals surface area contributed by atoms with Gasteiger partial charge in [0, 0.05) is 11.8 Å². The Morgan fingerprint density at radius 2 is 1.64 bits per heavy atom. The van der Waals surface area contributed by atoms with Crippen LogP contribution in [0.4, 0.5) is 5.69 Å². The second kappa shape index (κ2) is 8.24. The highest BCUT2D eigenvalue weighted by Gasteiger charge is 2.10. The quantitative estimate of drug-likeness (QED) is 0.626. The molecule has 3 rings (SSSR count). The van der Waals surface area contributed by atoms with Gasteiger partial charge >= 0.3 is 0 Å². The zero-order valence-electron chi connectivity index (χ0n) is 15.5. The minimum Gasteiger partial charge on any atom is -0.497 e. The predicted molar refractivity (Wildman–Crippen MR) is 111 cm³/mol. The van der Waals surface area contributed by atoms with Crippen molar-refractivity contribution in [3.63, 3.8) is 0 Å². The van der Waals surface area contributed by atoms with E-state index in [0.717, 1.165) is 22.1 Å². The fourth-order valence-corrected chi connectivity index (χ4v) is 3.39. The summed E-state index contributed by atoms with van der Waals surface area (Å²) in [5.74, 6) is 0.489. The summed E-state index contributed by atoms with van der Waals surface area (Å²) in [6.07, 6.45) is 3.15. The van der Waals surface area contributed by atoms with Crippen LogP contribution in [0.3, 0.4) is 0 Å². The van der Waals surface area contributed by atoms with Crippen molar-refractivity contribution in [1.29, 1.82) is 0 Å². The number of carbonyl (C=O) groups is 1. The van der Waals surface area contributed by atoms with Crippen molar-refractivity contribution in [2.75, 3.05) is 19.5 Å². The molecule has 1 amide bonds. The zero-order valence-corrected chi connectivity index (χ0v) is 16.3.